The molecule has 0 aliphatic carbocycles. The van der Waals surface area contributed by atoms with Crippen LogP contribution < -0.4 is 11.0 Å². The van der Waals surface area contributed by atoms with Crippen LogP contribution in [0.5, 0.6) is 0 Å². The molecule has 0 atom stereocenters. The molecule has 0 fully saturated rings. The van der Waals surface area contributed by atoms with Gasteiger partial charge in [-0.05, 0) is 6.42 Å². The molecule has 2 aromatic carbocycles. The van der Waals surface area contributed by atoms with E-state index < -0.39 is 10.5 Å². The Hall–Kier alpha value is -4.32. The number of H-pyrrole nitrogens is 1. The van der Waals surface area contributed by atoms with E-state index in [1.54, 1.807) is 36.4 Å². The molecule has 0 saturated carbocycles. The minimum atomic E-state index is -0.595. The number of aromatic nitrogens is 2. The van der Waals surface area contributed by atoms with E-state index in [1.165, 1.54) is 12.3 Å². The first-order valence-electron chi connectivity index (χ1n) is 8.69. The zero-order valence-corrected chi connectivity index (χ0v) is 15.4. The van der Waals surface area contributed by atoms with Gasteiger partial charge in [-0.3, -0.25) is 19.9 Å². The lowest BCUT2D eigenvalue weighted by atomic mass is 10.1. The third-order valence-electron chi connectivity index (χ3n) is 4.15. The molecule has 3 rings (SSSR count). The number of rotatable bonds is 6. The van der Waals surface area contributed by atoms with Crippen molar-refractivity contribution in [2.45, 2.75) is 13.3 Å². The van der Waals surface area contributed by atoms with Crippen LogP contribution in [0.25, 0.3) is 11.3 Å². The van der Waals surface area contributed by atoms with Crippen molar-refractivity contribution in [1.29, 1.82) is 5.26 Å². The average molecular weight is 388 g/mol. The largest absolute Gasteiger partial charge is 0.290 e. The summed E-state index contributed by atoms with van der Waals surface area (Å²) in [5, 5.41) is 24.4. The molecule has 3 aromatic rings. The van der Waals surface area contributed by atoms with Gasteiger partial charge >= 0.3 is 0 Å². The quantitative estimate of drug-likeness (QED) is 0.378. The summed E-state index contributed by atoms with van der Waals surface area (Å²) in [6, 6.07) is 15.5. The maximum atomic E-state index is 12.2. The van der Waals surface area contributed by atoms with Gasteiger partial charge < -0.3 is 0 Å². The molecule has 29 heavy (non-hydrogen) atoms. The third kappa shape index (κ3) is 4.33. The molecule has 144 valence electrons. The molecule has 0 unspecified atom stereocenters. The van der Waals surface area contributed by atoms with Crippen molar-refractivity contribution in [3.63, 3.8) is 0 Å². The Kier molecular flexibility index (Phi) is 5.75. The van der Waals surface area contributed by atoms with Crippen molar-refractivity contribution in [3.8, 4) is 17.3 Å². The van der Waals surface area contributed by atoms with Gasteiger partial charge in [-0.2, -0.15) is 10.4 Å². The molecular formula is C20H16N6O3. The zero-order valence-electron chi connectivity index (χ0n) is 15.4. The Morgan fingerprint density at radius 3 is 2.72 bits per heavy atom. The smallest absolute Gasteiger partial charge is 0.273 e. The molecule has 2 N–H and O–H groups in total. The van der Waals surface area contributed by atoms with Crippen LogP contribution in [0.3, 0.4) is 0 Å². The molecule has 1 heterocycles. The lowest BCUT2D eigenvalue weighted by Crippen LogP contribution is -2.16. The first-order valence-corrected chi connectivity index (χ1v) is 8.69. The van der Waals surface area contributed by atoms with Crippen molar-refractivity contribution in [1.82, 2.24) is 9.97 Å². The summed E-state index contributed by atoms with van der Waals surface area (Å²) >= 11 is 0. The minimum Gasteiger partial charge on any atom is -0.290 e. The Morgan fingerprint density at radius 1 is 1.31 bits per heavy atom. The molecule has 0 amide bonds. The summed E-state index contributed by atoms with van der Waals surface area (Å²) in [4.78, 5) is 29.7. The summed E-state index contributed by atoms with van der Waals surface area (Å²) < 4.78 is 0. The van der Waals surface area contributed by atoms with Gasteiger partial charge in [-0.15, -0.1) is 0 Å². The third-order valence-corrected chi connectivity index (χ3v) is 4.15. The second-order valence-electron chi connectivity index (χ2n) is 5.98. The van der Waals surface area contributed by atoms with Crippen molar-refractivity contribution >= 4 is 17.9 Å². The van der Waals surface area contributed by atoms with Crippen molar-refractivity contribution in [2.75, 3.05) is 5.43 Å². The number of aryl methyl sites for hydroxylation is 1. The number of nitriles is 1. The highest BCUT2D eigenvalue weighted by Crippen LogP contribution is 2.21. The molecule has 9 nitrogen and oxygen atoms in total. The Morgan fingerprint density at radius 2 is 2.07 bits per heavy atom. The molecule has 0 aliphatic heterocycles. The van der Waals surface area contributed by atoms with Gasteiger partial charge in [-0.25, -0.2) is 10.4 Å². The molecule has 1 aromatic heterocycles. The first kappa shape index (κ1) is 19.4. The van der Waals surface area contributed by atoms with Crippen LogP contribution in [0.15, 0.2) is 58.4 Å². The molecular weight excluding hydrogens is 372 g/mol. The first-order chi connectivity index (χ1) is 14.0. The fourth-order valence-electron chi connectivity index (χ4n) is 2.73. The molecule has 0 saturated heterocycles. The van der Waals surface area contributed by atoms with Gasteiger partial charge in [0.1, 0.15) is 11.6 Å². The number of benzene rings is 2. The summed E-state index contributed by atoms with van der Waals surface area (Å²) in [5.41, 5.74) is 3.92. The Bertz CT molecular complexity index is 1180. The fraction of sp³-hybridized carbons (Fsp3) is 0.100. The maximum absolute atomic E-state index is 12.2. The monoisotopic (exact) mass is 388 g/mol. The number of anilines is 1. The lowest BCUT2D eigenvalue weighted by molar-refractivity contribution is -0.385. The van der Waals surface area contributed by atoms with Crippen LogP contribution in [0.2, 0.25) is 0 Å². The predicted octanol–water partition coefficient (Wildman–Crippen LogP) is 3.23. The van der Waals surface area contributed by atoms with Gasteiger partial charge in [0.15, 0.2) is 0 Å². The fourth-order valence-corrected chi connectivity index (χ4v) is 2.73. The van der Waals surface area contributed by atoms with E-state index in [9.17, 15) is 20.2 Å². The van der Waals surface area contributed by atoms with E-state index in [0.29, 0.717) is 23.1 Å². The standard InChI is InChI=1S/C20H16N6O3/c1-2-14-9-8-13(10-17(14)26(28)29)12-22-25-20-23-18(15-6-4-3-5-7-15)16(11-21)19(27)24-20/h3-10,12H,2H2,1H3,(H2,23,24,25,27). The predicted molar refractivity (Wildman–Crippen MR) is 109 cm³/mol. The second-order valence-corrected chi connectivity index (χ2v) is 5.98. The molecule has 0 aliphatic rings. The Balaban J connectivity index is 1.89. The van der Waals surface area contributed by atoms with E-state index in [1.807, 2.05) is 19.1 Å². The SMILES string of the molecule is CCc1ccc(C=NNc2nc(-c3ccccc3)c(C#N)c(=O)[nH]2)cc1[N+](=O)[O-]. The van der Waals surface area contributed by atoms with Gasteiger partial charge in [-0.1, -0.05) is 49.4 Å². The van der Waals surface area contributed by atoms with Gasteiger partial charge in [0, 0.05) is 22.8 Å². The van der Waals surface area contributed by atoms with Gasteiger partial charge in [0.05, 0.1) is 16.8 Å². The minimum absolute atomic E-state index is 0.0210. The van der Waals surface area contributed by atoms with E-state index in [-0.39, 0.29) is 22.9 Å². The number of nitro benzene ring substituents is 1. The zero-order chi connectivity index (χ0) is 20.8. The van der Waals surface area contributed by atoms with Crippen LogP contribution in [0, 0.1) is 21.4 Å². The maximum Gasteiger partial charge on any atom is 0.273 e. The van der Waals surface area contributed by atoms with Gasteiger partial charge in [0.2, 0.25) is 5.95 Å². The number of nitrogens with zero attached hydrogens (tertiary/aromatic N) is 4. The molecule has 9 heteroatoms. The molecule has 0 spiro atoms. The van der Waals surface area contributed by atoms with Crippen LogP contribution in [-0.2, 0) is 6.42 Å². The number of aromatic amines is 1. The normalized spacial score (nSPS) is 10.6. The van der Waals surface area contributed by atoms with Crippen molar-refractivity contribution in [3.05, 3.63) is 85.7 Å². The number of hydrogen-bond acceptors (Lipinski definition) is 7. The number of nitro groups is 1. The Labute approximate surface area is 165 Å². The van der Waals surface area contributed by atoms with Crippen LogP contribution in [-0.4, -0.2) is 21.1 Å². The summed E-state index contributed by atoms with van der Waals surface area (Å²) in [5.74, 6) is 0.0452. The average Bonchev–Trinajstić information content (AvgIpc) is 2.74. The van der Waals surface area contributed by atoms with E-state index >= 15 is 0 Å². The van der Waals surface area contributed by atoms with E-state index in [0.717, 1.165) is 0 Å². The molecule has 0 radical (unpaired) electrons. The highest BCUT2D eigenvalue weighted by molar-refractivity contribution is 5.81. The summed E-state index contributed by atoms with van der Waals surface area (Å²) in [6.45, 7) is 1.84. The van der Waals surface area contributed by atoms with Crippen LogP contribution in [0.1, 0.15) is 23.6 Å². The topological polar surface area (TPSA) is 137 Å². The highest BCUT2D eigenvalue weighted by atomic mass is 16.6. The van der Waals surface area contributed by atoms with Crippen LogP contribution >= 0.6 is 0 Å². The number of hydrogen-bond donors (Lipinski definition) is 2. The number of nitrogens with one attached hydrogen (secondary N) is 2. The van der Waals surface area contributed by atoms with Gasteiger partial charge in [0.25, 0.3) is 11.2 Å². The highest BCUT2D eigenvalue weighted by Gasteiger charge is 2.14. The summed E-state index contributed by atoms with van der Waals surface area (Å²) in [6.07, 6.45) is 1.93. The van der Waals surface area contributed by atoms with Crippen LogP contribution in [0.4, 0.5) is 11.6 Å². The lowest BCUT2D eigenvalue weighted by Gasteiger charge is -2.06. The van der Waals surface area contributed by atoms with Crippen molar-refractivity contribution in [2.24, 2.45) is 5.10 Å². The van der Waals surface area contributed by atoms with E-state index in [4.69, 9.17) is 0 Å². The summed E-state index contributed by atoms with van der Waals surface area (Å²) in [7, 11) is 0. The molecule has 0 bridgehead atoms. The second kappa shape index (κ2) is 8.58. The van der Waals surface area contributed by atoms with E-state index in [2.05, 4.69) is 20.5 Å². The van der Waals surface area contributed by atoms with Crippen molar-refractivity contribution < 1.29 is 4.92 Å². The number of hydrazone groups is 1.